The lowest BCUT2D eigenvalue weighted by molar-refractivity contribution is -0.114. The second-order valence-corrected chi connectivity index (χ2v) is 5.79. The molecule has 5 rings (SSSR count). The molecule has 0 radical (unpaired) electrons. The van der Waals surface area contributed by atoms with E-state index in [0.29, 0.717) is 12.1 Å². The van der Waals surface area contributed by atoms with E-state index in [1.54, 1.807) is 0 Å². The summed E-state index contributed by atoms with van der Waals surface area (Å²) in [6.07, 6.45) is 12.5. The molecule has 0 aromatic heterocycles. The van der Waals surface area contributed by atoms with E-state index in [-0.39, 0.29) is 5.78 Å². The fourth-order valence-corrected chi connectivity index (χ4v) is 3.67. The van der Waals surface area contributed by atoms with E-state index in [0.717, 1.165) is 28.2 Å². The van der Waals surface area contributed by atoms with Crippen LogP contribution < -0.4 is 0 Å². The van der Waals surface area contributed by atoms with Crippen molar-refractivity contribution in [2.24, 2.45) is 15.4 Å². The first-order valence-corrected chi connectivity index (χ1v) is 7.39. The van der Waals surface area contributed by atoms with Crippen LogP contribution in [0.3, 0.4) is 0 Å². The van der Waals surface area contributed by atoms with Crippen LogP contribution in [0.25, 0.3) is 0 Å². The average Bonchev–Trinajstić information content (AvgIpc) is 2.89. The molecule has 104 valence electrons. The standard InChI is InChI=1S/C19H12N2O/c22-15-9-5-7-13-17(15)21-18-12-6-1-2-8-14(12)20-16-10-3-4-11-19(13,16)18/h1-8,10-11H,9H2. The molecule has 2 aliphatic carbocycles. The highest BCUT2D eigenvalue weighted by Gasteiger charge is 2.50. The summed E-state index contributed by atoms with van der Waals surface area (Å²) in [6.45, 7) is 0. The fourth-order valence-electron chi connectivity index (χ4n) is 3.67. The van der Waals surface area contributed by atoms with Crippen molar-refractivity contribution >= 4 is 22.9 Å². The summed E-state index contributed by atoms with van der Waals surface area (Å²) in [6, 6.07) is 8.00. The smallest absolute Gasteiger partial charge is 0.185 e. The maximum Gasteiger partial charge on any atom is 0.185 e. The number of ketones is 1. The van der Waals surface area contributed by atoms with Crippen LogP contribution >= 0.6 is 0 Å². The first-order valence-electron chi connectivity index (χ1n) is 7.39. The molecule has 3 nitrogen and oxygen atoms in total. The van der Waals surface area contributed by atoms with Crippen molar-refractivity contribution in [3.05, 3.63) is 77.6 Å². The van der Waals surface area contributed by atoms with Crippen LogP contribution in [-0.4, -0.2) is 17.2 Å². The number of carbonyl (C=O) groups excluding carboxylic acids is 1. The summed E-state index contributed by atoms with van der Waals surface area (Å²) in [5.74, 6) is 0.0913. The molecule has 1 atom stereocenters. The Hall–Kier alpha value is -2.81. The van der Waals surface area contributed by atoms with E-state index < -0.39 is 5.41 Å². The molecule has 1 aromatic rings. The van der Waals surface area contributed by atoms with Crippen LogP contribution in [0.15, 0.2) is 82.0 Å². The van der Waals surface area contributed by atoms with Gasteiger partial charge in [-0.05, 0) is 12.1 Å². The number of hydrogen-bond donors (Lipinski definition) is 0. The number of rotatable bonds is 0. The number of carbonyl (C=O) groups is 1. The van der Waals surface area contributed by atoms with Gasteiger partial charge in [-0.2, -0.15) is 0 Å². The second-order valence-electron chi connectivity index (χ2n) is 5.79. The summed E-state index contributed by atoms with van der Waals surface area (Å²) in [5.41, 5.74) is 4.88. The maximum atomic E-state index is 12.3. The van der Waals surface area contributed by atoms with E-state index >= 15 is 0 Å². The predicted octanol–water partition coefficient (Wildman–Crippen LogP) is 3.47. The largest absolute Gasteiger partial charge is 0.292 e. The number of para-hydroxylation sites is 1. The van der Waals surface area contributed by atoms with Gasteiger partial charge in [-0.3, -0.25) is 9.79 Å². The van der Waals surface area contributed by atoms with Gasteiger partial charge in [0.1, 0.15) is 11.1 Å². The molecule has 0 saturated heterocycles. The number of aliphatic imine (C=N–C) groups is 2. The maximum absolute atomic E-state index is 12.3. The van der Waals surface area contributed by atoms with Crippen molar-refractivity contribution in [2.45, 2.75) is 6.42 Å². The zero-order valence-corrected chi connectivity index (χ0v) is 11.8. The molecule has 1 aromatic carbocycles. The minimum atomic E-state index is -0.495. The highest BCUT2D eigenvalue weighted by atomic mass is 16.1. The molecule has 4 aliphatic rings. The number of fused-ring (bicyclic) bond motifs is 2. The van der Waals surface area contributed by atoms with Crippen LogP contribution in [0.4, 0.5) is 5.69 Å². The lowest BCUT2D eigenvalue weighted by Gasteiger charge is -2.35. The van der Waals surface area contributed by atoms with Gasteiger partial charge < -0.3 is 0 Å². The Morgan fingerprint density at radius 3 is 2.91 bits per heavy atom. The lowest BCUT2D eigenvalue weighted by atomic mass is 9.66. The first kappa shape index (κ1) is 11.8. The molecule has 1 unspecified atom stereocenters. The Bertz CT molecular complexity index is 925. The highest BCUT2D eigenvalue weighted by molar-refractivity contribution is 6.33. The topological polar surface area (TPSA) is 41.8 Å². The Morgan fingerprint density at radius 1 is 1.05 bits per heavy atom. The SMILES string of the molecule is O=C1CC=CC2=C1N=C1c3ccccc3N=C3C=CC=CC312. The molecule has 0 bridgehead atoms. The summed E-state index contributed by atoms with van der Waals surface area (Å²) >= 11 is 0. The molecular weight excluding hydrogens is 272 g/mol. The van der Waals surface area contributed by atoms with Gasteiger partial charge in [-0.1, -0.05) is 48.6 Å². The van der Waals surface area contributed by atoms with Gasteiger partial charge in [0.25, 0.3) is 0 Å². The molecule has 0 N–H and O–H groups in total. The molecule has 0 fully saturated rings. The third-order valence-electron chi connectivity index (χ3n) is 4.64. The van der Waals surface area contributed by atoms with Gasteiger partial charge in [0.15, 0.2) is 5.78 Å². The number of hydrogen-bond acceptors (Lipinski definition) is 3. The van der Waals surface area contributed by atoms with Crippen molar-refractivity contribution < 1.29 is 4.79 Å². The second kappa shape index (κ2) is 3.89. The van der Waals surface area contributed by atoms with E-state index in [2.05, 4.69) is 6.08 Å². The number of allylic oxidation sites excluding steroid dienone is 8. The molecule has 1 spiro atoms. The zero-order valence-electron chi connectivity index (χ0n) is 11.8. The average molecular weight is 284 g/mol. The third kappa shape index (κ3) is 1.24. The molecule has 3 heteroatoms. The van der Waals surface area contributed by atoms with Gasteiger partial charge in [-0.15, -0.1) is 0 Å². The van der Waals surface area contributed by atoms with Crippen LogP contribution in [0.2, 0.25) is 0 Å². The van der Waals surface area contributed by atoms with Crippen molar-refractivity contribution in [2.75, 3.05) is 0 Å². The van der Waals surface area contributed by atoms with Crippen LogP contribution in [0.1, 0.15) is 12.0 Å². The van der Waals surface area contributed by atoms with Gasteiger partial charge >= 0.3 is 0 Å². The first-order chi connectivity index (χ1) is 10.8. The van der Waals surface area contributed by atoms with Crippen LogP contribution in [0, 0.1) is 5.41 Å². The van der Waals surface area contributed by atoms with Gasteiger partial charge in [0.05, 0.1) is 17.1 Å². The van der Waals surface area contributed by atoms with E-state index in [9.17, 15) is 4.79 Å². The molecule has 0 saturated carbocycles. The Labute approximate surface area is 127 Å². The van der Waals surface area contributed by atoms with E-state index in [1.807, 2.05) is 54.6 Å². The highest BCUT2D eigenvalue weighted by Crippen LogP contribution is 2.50. The normalized spacial score (nSPS) is 27.0. The predicted molar refractivity (Wildman–Crippen MR) is 86.6 cm³/mol. The van der Waals surface area contributed by atoms with Crippen molar-refractivity contribution in [3.63, 3.8) is 0 Å². The minimum Gasteiger partial charge on any atom is -0.292 e. The zero-order chi connectivity index (χ0) is 14.7. The van der Waals surface area contributed by atoms with Crippen LogP contribution in [0.5, 0.6) is 0 Å². The fraction of sp³-hybridized carbons (Fsp3) is 0.105. The Balaban J connectivity index is 1.89. The van der Waals surface area contributed by atoms with Crippen molar-refractivity contribution in [1.82, 2.24) is 0 Å². The Morgan fingerprint density at radius 2 is 1.95 bits per heavy atom. The molecule has 2 aliphatic heterocycles. The minimum absolute atomic E-state index is 0.0913. The summed E-state index contributed by atoms with van der Waals surface area (Å²) < 4.78 is 0. The quantitative estimate of drug-likeness (QED) is 0.719. The van der Waals surface area contributed by atoms with E-state index in [1.165, 1.54) is 0 Å². The molecule has 22 heavy (non-hydrogen) atoms. The number of benzene rings is 1. The summed E-state index contributed by atoms with van der Waals surface area (Å²) in [5, 5.41) is 0. The van der Waals surface area contributed by atoms with Gasteiger partial charge in [0, 0.05) is 17.6 Å². The van der Waals surface area contributed by atoms with Crippen molar-refractivity contribution in [3.8, 4) is 0 Å². The number of Topliss-reactive ketones (excluding diaryl/α,β-unsaturated/α-hetero) is 1. The summed E-state index contributed by atoms with van der Waals surface area (Å²) in [7, 11) is 0. The van der Waals surface area contributed by atoms with E-state index in [4.69, 9.17) is 9.98 Å². The number of nitrogens with zero attached hydrogens (tertiary/aromatic N) is 2. The Kier molecular flexibility index (Phi) is 2.09. The van der Waals surface area contributed by atoms with Crippen molar-refractivity contribution in [1.29, 1.82) is 0 Å². The molecule has 0 amide bonds. The van der Waals surface area contributed by atoms with Gasteiger partial charge in [0.2, 0.25) is 0 Å². The monoisotopic (exact) mass is 284 g/mol. The van der Waals surface area contributed by atoms with Gasteiger partial charge in [-0.25, -0.2) is 4.99 Å². The molecular formula is C19H12N2O. The third-order valence-corrected chi connectivity index (χ3v) is 4.64. The summed E-state index contributed by atoms with van der Waals surface area (Å²) in [4.78, 5) is 21.9. The van der Waals surface area contributed by atoms with Crippen LogP contribution in [-0.2, 0) is 4.79 Å². The molecule has 2 heterocycles. The lowest BCUT2D eigenvalue weighted by Crippen LogP contribution is -2.40.